The van der Waals surface area contributed by atoms with Crippen molar-refractivity contribution in [3.8, 4) is 34.8 Å². The van der Waals surface area contributed by atoms with Gasteiger partial charge in [-0.3, -0.25) is 0 Å². The number of anilines is 2. The number of benzene rings is 3. The fourth-order valence-corrected chi connectivity index (χ4v) is 5.60. The van der Waals surface area contributed by atoms with Crippen LogP contribution in [0, 0.1) is 22.7 Å². The Morgan fingerprint density at radius 1 is 0.865 bits per heavy atom. The summed E-state index contributed by atoms with van der Waals surface area (Å²) >= 11 is 0. The highest BCUT2D eigenvalue weighted by atomic mass is 16.5. The molecule has 0 aliphatic carbocycles. The third-order valence-corrected chi connectivity index (χ3v) is 6.96. The SMILES string of the molecule is CCCN1c2cccc(OC)c2-c2c3c(OC)cccc3[n+](CCC)c3c(C=C(C#N)C#N)ccc1c23. The highest BCUT2D eigenvalue weighted by molar-refractivity contribution is 6.21. The Hall–Kier alpha value is -4.55. The van der Waals surface area contributed by atoms with Crippen LogP contribution in [-0.2, 0) is 6.54 Å². The zero-order chi connectivity index (χ0) is 26.1. The first-order chi connectivity index (χ1) is 18.1. The van der Waals surface area contributed by atoms with E-state index in [0.717, 1.165) is 87.3 Å². The Morgan fingerprint density at radius 3 is 2.27 bits per heavy atom. The van der Waals surface area contributed by atoms with Crippen molar-refractivity contribution in [1.29, 1.82) is 10.5 Å². The maximum absolute atomic E-state index is 9.56. The fourth-order valence-electron chi connectivity index (χ4n) is 5.60. The van der Waals surface area contributed by atoms with E-state index >= 15 is 0 Å². The number of rotatable bonds is 7. The van der Waals surface area contributed by atoms with Gasteiger partial charge in [0.1, 0.15) is 35.8 Å². The third kappa shape index (κ3) is 3.65. The number of fused-ring (bicyclic) bond motifs is 4. The van der Waals surface area contributed by atoms with E-state index in [0.29, 0.717) is 0 Å². The van der Waals surface area contributed by atoms with Gasteiger partial charge in [-0.1, -0.05) is 26.0 Å². The van der Waals surface area contributed by atoms with Gasteiger partial charge in [-0.05, 0) is 42.8 Å². The molecule has 6 nitrogen and oxygen atoms in total. The summed E-state index contributed by atoms with van der Waals surface area (Å²) in [6.45, 7) is 5.94. The molecule has 1 aromatic heterocycles. The number of ether oxygens (including phenoxy) is 2. The number of nitrogens with zero attached hydrogens (tertiary/aromatic N) is 4. The van der Waals surface area contributed by atoms with E-state index in [1.54, 1.807) is 20.3 Å². The maximum atomic E-state index is 9.56. The molecular formula is C31H29N4O2+. The van der Waals surface area contributed by atoms with Crippen molar-refractivity contribution in [2.75, 3.05) is 25.7 Å². The molecule has 2 heterocycles. The molecule has 0 saturated heterocycles. The molecule has 0 unspecified atom stereocenters. The largest absolute Gasteiger partial charge is 0.496 e. The molecule has 0 atom stereocenters. The Labute approximate surface area is 217 Å². The zero-order valence-corrected chi connectivity index (χ0v) is 21.6. The van der Waals surface area contributed by atoms with Crippen LogP contribution in [0.5, 0.6) is 11.5 Å². The van der Waals surface area contributed by atoms with Gasteiger partial charge in [-0.2, -0.15) is 15.1 Å². The van der Waals surface area contributed by atoms with Gasteiger partial charge in [0.05, 0.1) is 36.4 Å². The highest BCUT2D eigenvalue weighted by Gasteiger charge is 2.35. The van der Waals surface area contributed by atoms with Crippen LogP contribution in [0.25, 0.3) is 39.0 Å². The molecule has 3 aromatic carbocycles. The first-order valence-corrected chi connectivity index (χ1v) is 12.6. The fraction of sp³-hybridized carbons (Fsp3) is 0.258. The lowest BCUT2D eigenvalue weighted by Crippen LogP contribution is -2.37. The number of hydrogen-bond acceptors (Lipinski definition) is 5. The number of pyridine rings is 1. The third-order valence-electron chi connectivity index (χ3n) is 6.96. The van der Waals surface area contributed by atoms with Crippen LogP contribution in [0.3, 0.4) is 0 Å². The predicted molar refractivity (Wildman–Crippen MR) is 147 cm³/mol. The van der Waals surface area contributed by atoms with Gasteiger partial charge in [0.2, 0.25) is 11.0 Å². The summed E-state index contributed by atoms with van der Waals surface area (Å²) in [4.78, 5) is 2.35. The number of nitriles is 2. The van der Waals surface area contributed by atoms with Gasteiger partial charge in [0, 0.05) is 35.7 Å². The average molecular weight is 490 g/mol. The van der Waals surface area contributed by atoms with E-state index in [2.05, 4.69) is 41.5 Å². The van der Waals surface area contributed by atoms with Gasteiger partial charge in [0.25, 0.3) is 0 Å². The normalized spacial score (nSPS) is 11.6. The average Bonchev–Trinajstić information content (AvgIpc) is 2.94. The molecule has 4 aromatic rings. The van der Waals surface area contributed by atoms with Gasteiger partial charge >= 0.3 is 0 Å². The molecule has 5 rings (SSSR count). The Morgan fingerprint density at radius 2 is 1.59 bits per heavy atom. The number of aromatic nitrogens is 1. The second-order valence-corrected chi connectivity index (χ2v) is 9.07. The first kappa shape index (κ1) is 24.2. The van der Waals surface area contributed by atoms with Crippen molar-refractivity contribution in [2.45, 2.75) is 33.2 Å². The Kier molecular flexibility index (Phi) is 6.42. The molecule has 0 amide bonds. The van der Waals surface area contributed by atoms with E-state index in [4.69, 9.17) is 9.47 Å². The van der Waals surface area contributed by atoms with Crippen molar-refractivity contribution in [3.63, 3.8) is 0 Å². The standard InChI is InChI=1S/C31H29N4O2/c1-5-15-34-22-9-7-11-25(36-3)27(22)30-28-23(10-8-12-26(28)37-4)35(16-6-2)31-21(17-20(18-32)19-33)13-14-24(34)29(30)31/h7-14,17H,5-6,15-16H2,1-4H3/q+1. The summed E-state index contributed by atoms with van der Waals surface area (Å²) in [5.74, 6) is 1.59. The second kappa shape index (κ2) is 9.84. The van der Waals surface area contributed by atoms with Crippen molar-refractivity contribution >= 4 is 39.3 Å². The number of hydrogen-bond donors (Lipinski definition) is 0. The minimum absolute atomic E-state index is 0.0739. The van der Waals surface area contributed by atoms with E-state index in [-0.39, 0.29) is 5.57 Å². The van der Waals surface area contributed by atoms with Crippen LogP contribution in [0.4, 0.5) is 11.4 Å². The van der Waals surface area contributed by atoms with E-state index in [1.165, 1.54) is 0 Å². The van der Waals surface area contributed by atoms with Gasteiger partial charge < -0.3 is 14.4 Å². The van der Waals surface area contributed by atoms with Gasteiger partial charge in [-0.25, -0.2) is 0 Å². The second-order valence-electron chi connectivity index (χ2n) is 9.07. The monoisotopic (exact) mass is 489 g/mol. The molecule has 37 heavy (non-hydrogen) atoms. The predicted octanol–water partition coefficient (Wildman–Crippen LogP) is 6.67. The van der Waals surface area contributed by atoms with Crippen LogP contribution < -0.4 is 18.9 Å². The van der Waals surface area contributed by atoms with Crippen LogP contribution in [0.1, 0.15) is 32.3 Å². The number of methoxy groups -OCH3 is 2. The summed E-state index contributed by atoms with van der Waals surface area (Å²) in [7, 11) is 3.41. The van der Waals surface area contributed by atoms with E-state index < -0.39 is 0 Å². The summed E-state index contributed by atoms with van der Waals surface area (Å²) in [6.07, 6.45) is 3.58. The molecular weight excluding hydrogens is 460 g/mol. The first-order valence-electron chi connectivity index (χ1n) is 12.6. The molecule has 1 aliphatic heterocycles. The van der Waals surface area contributed by atoms with Crippen molar-refractivity contribution in [3.05, 3.63) is 59.7 Å². The summed E-state index contributed by atoms with van der Waals surface area (Å²) in [6, 6.07) is 20.5. The van der Waals surface area contributed by atoms with Crippen molar-refractivity contribution in [2.24, 2.45) is 0 Å². The molecule has 6 heteroatoms. The highest BCUT2D eigenvalue weighted by Crippen LogP contribution is 2.54. The lowest BCUT2D eigenvalue weighted by atomic mass is 9.87. The Balaban J connectivity index is 2.13. The molecule has 1 aliphatic rings. The molecule has 0 saturated carbocycles. The quantitative estimate of drug-likeness (QED) is 0.165. The Bertz CT molecular complexity index is 1640. The zero-order valence-electron chi connectivity index (χ0n) is 21.6. The minimum Gasteiger partial charge on any atom is -0.496 e. The lowest BCUT2D eigenvalue weighted by molar-refractivity contribution is -0.645. The maximum Gasteiger partial charge on any atom is 0.223 e. The smallest absolute Gasteiger partial charge is 0.223 e. The van der Waals surface area contributed by atoms with E-state index in [1.807, 2.05) is 42.5 Å². The van der Waals surface area contributed by atoms with Gasteiger partial charge in [0.15, 0.2) is 0 Å². The molecule has 0 bridgehead atoms. The van der Waals surface area contributed by atoms with Gasteiger partial charge in [-0.15, -0.1) is 0 Å². The summed E-state index contributed by atoms with van der Waals surface area (Å²) in [5, 5.41) is 21.2. The summed E-state index contributed by atoms with van der Waals surface area (Å²) < 4.78 is 14.2. The minimum atomic E-state index is 0.0739. The lowest BCUT2D eigenvalue weighted by Gasteiger charge is -2.34. The molecule has 0 radical (unpaired) electrons. The number of aryl methyl sites for hydroxylation is 1. The molecule has 0 fully saturated rings. The molecule has 0 N–H and O–H groups in total. The van der Waals surface area contributed by atoms with E-state index in [9.17, 15) is 10.5 Å². The van der Waals surface area contributed by atoms with Crippen molar-refractivity contribution < 1.29 is 14.0 Å². The van der Waals surface area contributed by atoms with Crippen LogP contribution >= 0.6 is 0 Å². The molecule has 0 spiro atoms. The van der Waals surface area contributed by atoms with Crippen LogP contribution in [-0.4, -0.2) is 20.8 Å². The topological polar surface area (TPSA) is 73.2 Å². The van der Waals surface area contributed by atoms with Crippen LogP contribution in [0.15, 0.2) is 54.1 Å². The van der Waals surface area contributed by atoms with Crippen LogP contribution in [0.2, 0.25) is 0 Å². The summed E-state index contributed by atoms with van der Waals surface area (Å²) in [5.41, 5.74) is 7.20. The van der Waals surface area contributed by atoms with Crippen molar-refractivity contribution in [1.82, 2.24) is 0 Å². The molecule has 184 valence electrons. The number of allylic oxidation sites excluding steroid dienone is 1.